The lowest BCUT2D eigenvalue weighted by atomic mass is 9.98. The molecule has 5 heterocycles. The first kappa shape index (κ1) is 34.3. The second-order valence-corrected chi connectivity index (χ2v) is 14.3. The summed E-state index contributed by atoms with van der Waals surface area (Å²) in [5.74, 6) is 6.11. The molecule has 12 nitrogen and oxygen atoms in total. The maximum Gasteiger partial charge on any atom is 0.394 e. The highest BCUT2D eigenvalue weighted by Gasteiger charge is 2.30. The Morgan fingerprint density at radius 3 is 2.51 bits per heavy atom. The minimum Gasteiger partial charge on any atom is -0.381 e. The second kappa shape index (κ2) is 14.5. The lowest BCUT2D eigenvalue weighted by molar-refractivity contribution is -0.128. The molecule has 0 radical (unpaired) electrons. The van der Waals surface area contributed by atoms with E-state index in [1.54, 1.807) is 6.07 Å². The Kier molecular flexibility index (Phi) is 10.1. The number of alkyl halides is 3. The van der Waals surface area contributed by atoms with Gasteiger partial charge in [-0.15, -0.1) is 0 Å². The lowest BCUT2D eigenvalue weighted by Gasteiger charge is -2.27. The van der Waals surface area contributed by atoms with Crippen LogP contribution in [-0.4, -0.2) is 81.9 Å². The van der Waals surface area contributed by atoms with Crippen molar-refractivity contribution in [3.05, 3.63) is 76.2 Å². The van der Waals surface area contributed by atoms with Crippen LogP contribution in [0.5, 0.6) is 0 Å². The Labute approximate surface area is 281 Å². The first-order chi connectivity index (χ1) is 23.4. The van der Waals surface area contributed by atoms with Crippen molar-refractivity contribution in [2.24, 2.45) is 5.92 Å². The summed E-state index contributed by atoms with van der Waals surface area (Å²) in [4.78, 5) is 30.8. The van der Waals surface area contributed by atoms with E-state index in [-0.39, 0.29) is 40.9 Å². The number of halogens is 3. The highest BCUT2D eigenvalue weighted by Crippen LogP contribution is 2.24. The van der Waals surface area contributed by atoms with Crippen LogP contribution in [-0.2, 0) is 23.0 Å². The summed E-state index contributed by atoms with van der Waals surface area (Å²) >= 11 is 0. The molecule has 1 unspecified atom stereocenters. The Morgan fingerprint density at radius 2 is 1.82 bits per heavy atom. The van der Waals surface area contributed by atoms with E-state index >= 15 is 0 Å². The molecule has 2 aliphatic rings. The summed E-state index contributed by atoms with van der Waals surface area (Å²) in [6.45, 7) is 2.31. The van der Waals surface area contributed by atoms with Gasteiger partial charge in [-0.2, -0.15) is 18.2 Å². The van der Waals surface area contributed by atoms with Crippen molar-refractivity contribution in [1.29, 1.82) is 0 Å². The van der Waals surface area contributed by atoms with Gasteiger partial charge in [-0.1, -0.05) is 11.8 Å². The van der Waals surface area contributed by atoms with Crippen LogP contribution in [0.1, 0.15) is 42.5 Å². The molecular weight excluding hydrogens is 659 g/mol. The fourth-order valence-corrected chi connectivity index (χ4v) is 6.87. The number of hydrogen-bond donors (Lipinski definition) is 3. The Balaban J connectivity index is 1.31. The van der Waals surface area contributed by atoms with E-state index in [1.165, 1.54) is 27.5 Å². The zero-order valence-corrected chi connectivity index (χ0v) is 27.6. The largest absolute Gasteiger partial charge is 0.394 e. The third kappa shape index (κ3) is 8.91. The number of fused-ring (bicyclic) bond motifs is 1. The SMILES string of the molecule is CS(=O)(=O)N1CCC(C#Cc2cc3cnc(Nc4ccc(NC5CCCNC5)cc4)nc3n(Cc3cncnc3CC(F)(F)F)c2=O)CC1. The van der Waals surface area contributed by atoms with Gasteiger partial charge in [0.05, 0.1) is 30.5 Å². The van der Waals surface area contributed by atoms with E-state index in [1.807, 2.05) is 24.3 Å². The van der Waals surface area contributed by atoms with Gasteiger partial charge in [-0.05, 0) is 62.6 Å². The second-order valence-electron chi connectivity index (χ2n) is 12.3. The van der Waals surface area contributed by atoms with Gasteiger partial charge in [0.1, 0.15) is 12.0 Å². The number of rotatable bonds is 8. The summed E-state index contributed by atoms with van der Waals surface area (Å²) in [6, 6.07) is 9.56. The maximum absolute atomic E-state index is 13.9. The first-order valence-corrected chi connectivity index (χ1v) is 17.8. The molecule has 1 atom stereocenters. The van der Waals surface area contributed by atoms with Gasteiger partial charge in [0.2, 0.25) is 16.0 Å². The third-order valence-electron chi connectivity index (χ3n) is 8.55. The molecule has 0 aliphatic carbocycles. The molecule has 49 heavy (non-hydrogen) atoms. The van der Waals surface area contributed by atoms with Crippen LogP contribution in [0.25, 0.3) is 11.0 Å². The average Bonchev–Trinajstić information content (AvgIpc) is 3.07. The number of piperidine rings is 2. The van der Waals surface area contributed by atoms with Crippen molar-refractivity contribution >= 4 is 38.4 Å². The minimum atomic E-state index is -4.52. The number of hydrogen-bond acceptors (Lipinski definition) is 10. The molecule has 0 amide bonds. The maximum atomic E-state index is 13.9. The van der Waals surface area contributed by atoms with E-state index < -0.39 is 28.2 Å². The molecule has 2 aliphatic heterocycles. The molecular formula is C33H36F3N9O3S. The van der Waals surface area contributed by atoms with Gasteiger partial charge in [-0.3, -0.25) is 9.36 Å². The van der Waals surface area contributed by atoms with Crippen LogP contribution in [0.3, 0.4) is 0 Å². The van der Waals surface area contributed by atoms with Gasteiger partial charge in [0.15, 0.2) is 0 Å². The zero-order chi connectivity index (χ0) is 34.6. The van der Waals surface area contributed by atoms with Crippen LogP contribution in [0.2, 0.25) is 0 Å². The van der Waals surface area contributed by atoms with Gasteiger partial charge in [-0.25, -0.2) is 27.7 Å². The zero-order valence-electron chi connectivity index (χ0n) is 26.8. The molecule has 0 saturated carbocycles. The molecule has 2 fully saturated rings. The van der Waals surface area contributed by atoms with Crippen molar-refractivity contribution in [2.45, 2.75) is 50.9 Å². The predicted molar refractivity (Wildman–Crippen MR) is 180 cm³/mol. The van der Waals surface area contributed by atoms with Crippen molar-refractivity contribution in [2.75, 3.05) is 43.1 Å². The molecule has 0 spiro atoms. The molecule has 0 bridgehead atoms. The number of nitrogens with zero attached hydrogens (tertiary/aromatic N) is 6. The van der Waals surface area contributed by atoms with Crippen molar-refractivity contribution in [1.82, 2.24) is 34.1 Å². The first-order valence-electron chi connectivity index (χ1n) is 16.0. The van der Waals surface area contributed by atoms with E-state index in [0.29, 0.717) is 43.0 Å². The highest BCUT2D eigenvalue weighted by atomic mass is 32.2. The number of benzene rings is 1. The van der Waals surface area contributed by atoms with Crippen LogP contribution in [0.4, 0.5) is 30.5 Å². The van der Waals surface area contributed by atoms with E-state index in [0.717, 1.165) is 37.9 Å². The van der Waals surface area contributed by atoms with Crippen LogP contribution in [0, 0.1) is 17.8 Å². The molecule has 3 N–H and O–H groups in total. The quantitative estimate of drug-likeness (QED) is 0.234. The smallest absolute Gasteiger partial charge is 0.381 e. The molecule has 258 valence electrons. The standard InChI is InChI=1S/C33H36F3N9O3S/c1-49(47,48)44-13-10-22(11-14-44)4-5-23-15-24-18-39-32(42-27-8-6-26(7-9-27)41-28-3-2-12-37-19-28)43-30(24)45(31(23)46)20-25-17-38-21-40-29(25)16-33(34,35)36/h6-9,15,17-18,21-22,28,37,41H,2-3,10-14,16,19-20H2,1H3,(H,39,42,43). The van der Waals surface area contributed by atoms with Crippen molar-refractivity contribution in [3.63, 3.8) is 0 Å². The Morgan fingerprint density at radius 1 is 1.06 bits per heavy atom. The number of sulfonamides is 1. The summed E-state index contributed by atoms with van der Waals surface area (Å²) in [6.07, 6.45) is 2.42. The normalized spacial score (nSPS) is 17.8. The molecule has 6 rings (SSSR count). The summed E-state index contributed by atoms with van der Waals surface area (Å²) in [7, 11) is -3.30. The Hall–Kier alpha value is -4.59. The van der Waals surface area contributed by atoms with E-state index in [9.17, 15) is 26.4 Å². The fraction of sp³-hybridized carbons (Fsp3) is 0.424. The molecule has 4 aromatic rings. The third-order valence-corrected chi connectivity index (χ3v) is 9.85. The van der Waals surface area contributed by atoms with Crippen LogP contribution >= 0.6 is 0 Å². The van der Waals surface area contributed by atoms with Gasteiger partial charge in [0.25, 0.3) is 5.56 Å². The van der Waals surface area contributed by atoms with Crippen LogP contribution < -0.4 is 21.5 Å². The van der Waals surface area contributed by atoms with Gasteiger partial charge >= 0.3 is 6.18 Å². The summed E-state index contributed by atoms with van der Waals surface area (Å²) < 4.78 is 66.7. The van der Waals surface area contributed by atoms with Gasteiger partial charge in [0, 0.05) is 66.3 Å². The highest BCUT2D eigenvalue weighted by molar-refractivity contribution is 7.88. The average molecular weight is 696 g/mol. The van der Waals surface area contributed by atoms with Crippen LogP contribution in [0.15, 0.2) is 53.8 Å². The van der Waals surface area contributed by atoms with E-state index in [4.69, 9.17) is 0 Å². The molecule has 2 saturated heterocycles. The Bertz CT molecular complexity index is 2030. The summed E-state index contributed by atoms with van der Waals surface area (Å²) in [5.41, 5.74) is 1.31. The van der Waals surface area contributed by atoms with Crippen molar-refractivity contribution < 1.29 is 21.6 Å². The number of pyridine rings is 1. The lowest BCUT2D eigenvalue weighted by Crippen LogP contribution is -2.38. The van der Waals surface area contributed by atoms with E-state index in [2.05, 4.69) is 47.7 Å². The molecule has 1 aromatic carbocycles. The van der Waals surface area contributed by atoms with Gasteiger partial charge < -0.3 is 16.0 Å². The summed E-state index contributed by atoms with van der Waals surface area (Å²) in [5, 5.41) is 10.5. The molecule has 3 aromatic heterocycles. The number of anilines is 3. The van der Waals surface area contributed by atoms with Crippen molar-refractivity contribution in [3.8, 4) is 11.8 Å². The predicted octanol–water partition coefficient (Wildman–Crippen LogP) is 3.67. The monoisotopic (exact) mass is 695 g/mol. The fourth-order valence-electron chi connectivity index (χ4n) is 5.99. The minimum absolute atomic E-state index is 0.117. The topological polar surface area (TPSA) is 147 Å². The molecule has 16 heteroatoms. The number of nitrogens with one attached hydrogen (secondary N) is 3. The number of aromatic nitrogens is 5.